The molecule has 1 aromatic heterocycles. The largest absolute Gasteiger partial charge is 0.325 e. The fourth-order valence-electron chi connectivity index (χ4n) is 3.44. The molecule has 0 fully saturated rings. The number of thioether (sulfide) groups is 1. The van der Waals surface area contributed by atoms with Crippen molar-refractivity contribution in [2.24, 2.45) is 0 Å². The molecule has 33 heavy (non-hydrogen) atoms. The molecule has 0 radical (unpaired) electrons. The third-order valence-electron chi connectivity index (χ3n) is 4.98. The van der Waals surface area contributed by atoms with Crippen molar-refractivity contribution in [1.29, 1.82) is 0 Å². The Kier molecular flexibility index (Phi) is 7.38. The summed E-state index contributed by atoms with van der Waals surface area (Å²) in [6.07, 6.45) is 0. The zero-order chi connectivity index (χ0) is 23.4. The van der Waals surface area contributed by atoms with Gasteiger partial charge in [-0.2, -0.15) is 0 Å². The average molecular weight is 497 g/mol. The number of nitrogens with one attached hydrogen (secondary N) is 1. The number of carbonyl (C=O) groups is 1. The molecule has 4 rings (SSSR count). The summed E-state index contributed by atoms with van der Waals surface area (Å²) in [5.74, 6) is 1.01. The van der Waals surface area contributed by atoms with Crippen molar-refractivity contribution in [2.75, 3.05) is 11.1 Å². The summed E-state index contributed by atoms with van der Waals surface area (Å²) in [5, 5.41) is 13.6. The Balaban J connectivity index is 1.67. The highest BCUT2D eigenvalue weighted by Gasteiger charge is 2.20. The fraction of sp³-hybridized carbons (Fsp3) is 0.160. The van der Waals surface area contributed by atoms with Gasteiger partial charge >= 0.3 is 0 Å². The second-order valence-electron chi connectivity index (χ2n) is 7.71. The van der Waals surface area contributed by atoms with E-state index in [2.05, 4.69) is 35.4 Å². The van der Waals surface area contributed by atoms with Crippen molar-refractivity contribution in [3.05, 3.63) is 88.4 Å². The highest BCUT2D eigenvalue weighted by molar-refractivity contribution is 7.99. The second-order valence-corrected chi connectivity index (χ2v) is 9.52. The highest BCUT2D eigenvalue weighted by atomic mass is 35.5. The Morgan fingerprint density at radius 3 is 2.45 bits per heavy atom. The first kappa shape index (κ1) is 23.4. The summed E-state index contributed by atoms with van der Waals surface area (Å²) >= 11 is 13.4. The van der Waals surface area contributed by atoms with E-state index in [0.29, 0.717) is 32.6 Å². The van der Waals surface area contributed by atoms with Gasteiger partial charge < -0.3 is 5.32 Å². The van der Waals surface area contributed by atoms with Crippen LogP contribution in [-0.4, -0.2) is 26.4 Å². The smallest absolute Gasteiger partial charge is 0.234 e. The van der Waals surface area contributed by atoms with Gasteiger partial charge in [-0.3, -0.25) is 9.36 Å². The first-order valence-electron chi connectivity index (χ1n) is 10.4. The highest BCUT2D eigenvalue weighted by Crippen LogP contribution is 2.32. The van der Waals surface area contributed by atoms with E-state index in [1.807, 2.05) is 47.0 Å². The molecular formula is C25H22Cl2N4OS. The van der Waals surface area contributed by atoms with Gasteiger partial charge in [-0.25, -0.2) is 0 Å². The normalized spacial score (nSPS) is 11.1. The first-order valence-corrected chi connectivity index (χ1v) is 12.2. The Hall–Kier alpha value is -2.80. The zero-order valence-corrected chi connectivity index (χ0v) is 20.5. The fourth-order valence-corrected chi connectivity index (χ4v) is 4.50. The van der Waals surface area contributed by atoms with Gasteiger partial charge in [0.2, 0.25) is 5.91 Å². The molecule has 0 bridgehead atoms. The molecule has 0 aliphatic rings. The predicted molar refractivity (Wildman–Crippen MR) is 137 cm³/mol. The van der Waals surface area contributed by atoms with Crippen LogP contribution in [0.3, 0.4) is 0 Å². The summed E-state index contributed by atoms with van der Waals surface area (Å²) in [6.45, 7) is 4.30. The predicted octanol–water partition coefficient (Wildman–Crippen LogP) is 7.10. The van der Waals surface area contributed by atoms with Crippen LogP contribution in [0.5, 0.6) is 0 Å². The van der Waals surface area contributed by atoms with Crippen LogP contribution in [0, 0.1) is 0 Å². The molecule has 1 heterocycles. The minimum absolute atomic E-state index is 0.151. The van der Waals surface area contributed by atoms with Crippen LogP contribution in [-0.2, 0) is 4.79 Å². The van der Waals surface area contributed by atoms with Crippen LogP contribution in [0.2, 0.25) is 10.0 Å². The number of hydrogen-bond acceptors (Lipinski definition) is 4. The SMILES string of the molecule is CC(C)c1ccccc1-n1c(SCC(=O)Nc2cccc(Cl)c2)nnc1-c1ccc(Cl)cc1. The maximum Gasteiger partial charge on any atom is 0.234 e. The lowest BCUT2D eigenvalue weighted by Crippen LogP contribution is -2.14. The number of benzene rings is 3. The Morgan fingerprint density at radius 2 is 1.73 bits per heavy atom. The first-order chi connectivity index (χ1) is 15.9. The molecule has 0 aliphatic carbocycles. The van der Waals surface area contributed by atoms with E-state index in [1.54, 1.807) is 24.3 Å². The van der Waals surface area contributed by atoms with Crippen LogP contribution >= 0.6 is 35.0 Å². The molecule has 0 spiro atoms. The molecule has 0 atom stereocenters. The lowest BCUT2D eigenvalue weighted by molar-refractivity contribution is -0.113. The maximum absolute atomic E-state index is 12.6. The summed E-state index contributed by atoms with van der Waals surface area (Å²) in [7, 11) is 0. The summed E-state index contributed by atoms with van der Waals surface area (Å²) in [6, 6.07) is 22.7. The Morgan fingerprint density at radius 1 is 0.970 bits per heavy atom. The third-order valence-corrected chi connectivity index (χ3v) is 6.39. The van der Waals surface area contributed by atoms with E-state index < -0.39 is 0 Å². The third kappa shape index (κ3) is 5.58. The second kappa shape index (κ2) is 10.4. The standard InChI is InChI=1S/C25H22Cl2N4OS/c1-16(2)21-8-3-4-9-22(21)31-24(17-10-12-18(26)13-11-17)29-30-25(31)33-15-23(32)28-20-7-5-6-19(27)14-20/h3-14,16H,15H2,1-2H3,(H,28,32). The van der Waals surface area contributed by atoms with Gasteiger partial charge in [-0.15, -0.1) is 10.2 Å². The minimum Gasteiger partial charge on any atom is -0.325 e. The van der Waals surface area contributed by atoms with Crippen molar-refractivity contribution < 1.29 is 4.79 Å². The number of rotatable bonds is 7. The summed E-state index contributed by atoms with van der Waals surface area (Å²) < 4.78 is 2.01. The average Bonchev–Trinajstić information content (AvgIpc) is 3.22. The van der Waals surface area contributed by atoms with Crippen LogP contribution in [0.1, 0.15) is 25.3 Å². The van der Waals surface area contributed by atoms with Gasteiger partial charge in [0.15, 0.2) is 11.0 Å². The molecule has 1 amide bonds. The van der Waals surface area contributed by atoms with E-state index in [4.69, 9.17) is 23.2 Å². The van der Waals surface area contributed by atoms with Gasteiger partial charge in [-0.1, -0.05) is 73.1 Å². The van der Waals surface area contributed by atoms with Crippen LogP contribution in [0.15, 0.2) is 78.0 Å². The van der Waals surface area contributed by atoms with Gasteiger partial charge in [0.1, 0.15) is 0 Å². The maximum atomic E-state index is 12.6. The number of aromatic nitrogens is 3. The van der Waals surface area contributed by atoms with Crippen molar-refractivity contribution in [1.82, 2.24) is 14.8 Å². The lowest BCUT2D eigenvalue weighted by Gasteiger charge is -2.17. The number of nitrogens with zero attached hydrogens (tertiary/aromatic N) is 3. The molecular weight excluding hydrogens is 475 g/mol. The van der Waals surface area contributed by atoms with E-state index in [9.17, 15) is 4.79 Å². The lowest BCUT2D eigenvalue weighted by atomic mass is 10.0. The molecule has 1 N–H and O–H groups in total. The molecule has 8 heteroatoms. The van der Waals surface area contributed by atoms with Crippen LogP contribution < -0.4 is 5.32 Å². The number of anilines is 1. The molecule has 0 unspecified atom stereocenters. The number of carbonyl (C=O) groups excluding carboxylic acids is 1. The van der Waals surface area contributed by atoms with Crippen molar-refractivity contribution in [3.63, 3.8) is 0 Å². The molecule has 3 aromatic carbocycles. The minimum atomic E-state index is -0.151. The monoisotopic (exact) mass is 496 g/mol. The van der Waals surface area contributed by atoms with Crippen molar-refractivity contribution in [2.45, 2.75) is 24.9 Å². The van der Waals surface area contributed by atoms with Gasteiger partial charge in [0.05, 0.1) is 11.4 Å². The molecule has 0 aliphatic heterocycles. The molecule has 4 aromatic rings. The zero-order valence-electron chi connectivity index (χ0n) is 18.1. The Bertz CT molecular complexity index is 1270. The van der Waals surface area contributed by atoms with E-state index >= 15 is 0 Å². The van der Waals surface area contributed by atoms with Crippen molar-refractivity contribution in [3.8, 4) is 17.1 Å². The van der Waals surface area contributed by atoms with Gasteiger partial charge in [0.25, 0.3) is 0 Å². The molecule has 168 valence electrons. The molecule has 0 saturated heterocycles. The number of amides is 1. The molecule has 0 saturated carbocycles. The molecule has 5 nitrogen and oxygen atoms in total. The van der Waals surface area contributed by atoms with Crippen LogP contribution in [0.25, 0.3) is 17.1 Å². The van der Waals surface area contributed by atoms with Gasteiger partial charge in [0, 0.05) is 21.3 Å². The van der Waals surface area contributed by atoms with E-state index in [0.717, 1.165) is 16.8 Å². The van der Waals surface area contributed by atoms with E-state index in [1.165, 1.54) is 11.8 Å². The Labute approximate surface area is 207 Å². The van der Waals surface area contributed by atoms with Crippen molar-refractivity contribution >= 4 is 46.6 Å². The van der Waals surface area contributed by atoms with Crippen LogP contribution in [0.4, 0.5) is 5.69 Å². The number of para-hydroxylation sites is 1. The quantitative estimate of drug-likeness (QED) is 0.277. The number of hydrogen-bond donors (Lipinski definition) is 1. The summed E-state index contributed by atoms with van der Waals surface area (Å²) in [4.78, 5) is 12.6. The topological polar surface area (TPSA) is 59.8 Å². The van der Waals surface area contributed by atoms with Gasteiger partial charge in [-0.05, 0) is 60.0 Å². The summed E-state index contributed by atoms with van der Waals surface area (Å²) in [5.41, 5.74) is 3.69. The number of halogens is 2. The van der Waals surface area contributed by atoms with E-state index in [-0.39, 0.29) is 11.7 Å².